The average molecular weight is 321 g/mol. The summed E-state index contributed by atoms with van der Waals surface area (Å²) in [6.45, 7) is 1.35. The maximum Gasteiger partial charge on any atom is 0.416 e. The third kappa shape index (κ3) is 3.31. The van der Waals surface area contributed by atoms with Crippen LogP contribution in [-0.2, 0) is 17.5 Å². The molecule has 0 saturated carbocycles. The number of hydrogen-bond acceptors (Lipinski definition) is 2. The quantitative estimate of drug-likeness (QED) is 0.789. The van der Waals surface area contributed by atoms with Crippen LogP contribution in [-0.4, -0.2) is 24.5 Å². The highest BCUT2D eigenvalue weighted by Crippen LogP contribution is 2.33. The summed E-state index contributed by atoms with van der Waals surface area (Å²) >= 11 is 0. The Hall–Kier alpha value is -2.50. The summed E-state index contributed by atoms with van der Waals surface area (Å²) in [6, 6.07) is 10.5. The Kier molecular flexibility index (Phi) is 3.98. The molecule has 6 heteroatoms. The molecule has 0 spiro atoms. The number of alkyl halides is 3. The number of hydrogen-bond donors (Lipinski definition) is 0. The average Bonchev–Trinajstić information content (AvgIpc) is 2.75. The molecule has 0 bridgehead atoms. The minimum atomic E-state index is -4.34. The standard InChI is InChI=1S/C17H14F3NO2/c18-17(19,20)15-4-1-12(2-5-15)13-3-6-16-14(9-13)10-21(11-22)7-8-23-16/h1-6,9,11H,7-8,10H2. The van der Waals surface area contributed by atoms with Crippen molar-refractivity contribution in [3.05, 3.63) is 53.6 Å². The monoisotopic (exact) mass is 321 g/mol. The van der Waals surface area contributed by atoms with Gasteiger partial charge < -0.3 is 9.64 Å². The molecule has 0 aliphatic carbocycles. The number of rotatable bonds is 2. The fourth-order valence-electron chi connectivity index (χ4n) is 2.54. The smallest absolute Gasteiger partial charge is 0.416 e. The van der Waals surface area contributed by atoms with E-state index < -0.39 is 11.7 Å². The first kappa shape index (κ1) is 15.4. The van der Waals surface area contributed by atoms with Crippen LogP contribution in [0.2, 0.25) is 0 Å². The third-order valence-electron chi connectivity index (χ3n) is 3.76. The molecule has 1 amide bonds. The third-order valence-corrected chi connectivity index (χ3v) is 3.76. The van der Waals surface area contributed by atoms with Crippen molar-refractivity contribution >= 4 is 6.41 Å². The van der Waals surface area contributed by atoms with E-state index in [9.17, 15) is 18.0 Å². The molecule has 2 aromatic carbocycles. The molecule has 3 nitrogen and oxygen atoms in total. The van der Waals surface area contributed by atoms with Crippen molar-refractivity contribution in [1.29, 1.82) is 0 Å². The van der Waals surface area contributed by atoms with Gasteiger partial charge in [-0.05, 0) is 35.4 Å². The number of amides is 1. The van der Waals surface area contributed by atoms with Gasteiger partial charge in [0.05, 0.1) is 12.1 Å². The van der Waals surface area contributed by atoms with Gasteiger partial charge in [-0.2, -0.15) is 13.2 Å². The molecule has 1 aliphatic rings. The molecule has 0 radical (unpaired) electrons. The molecule has 1 heterocycles. The van der Waals surface area contributed by atoms with E-state index in [-0.39, 0.29) is 0 Å². The summed E-state index contributed by atoms with van der Waals surface area (Å²) in [7, 11) is 0. The first-order chi connectivity index (χ1) is 11.0. The molecule has 0 unspecified atom stereocenters. The summed E-state index contributed by atoms with van der Waals surface area (Å²) in [5.74, 6) is 0.699. The lowest BCUT2D eigenvalue weighted by molar-refractivity contribution is -0.137. The van der Waals surface area contributed by atoms with Crippen LogP contribution in [0.4, 0.5) is 13.2 Å². The molecule has 0 aromatic heterocycles. The first-order valence-electron chi connectivity index (χ1n) is 7.10. The fourth-order valence-corrected chi connectivity index (χ4v) is 2.54. The van der Waals surface area contributed by atoms with Crippen molar-refractivity contribution in [1.82, 2.24) is 4.90 Å². The minimum Gasteiger partial charge on any atom is -0.491 e. The second-order valence-electron chi connectivity index (χ2n) is 5.32. The van der Waals surface area contributed by atoms with Crippen molar-refractivity contribution in [3.8, 4) is 16.9 Å². The second-order valence-corrected chi connectivity index (χ2v) is 5.32. The Balaban J connectivity index is 1.92. The van der Waals surface area contributed by atoms with Crippen LogP contribution in [0.5, 0.6) is 5.75 Å². The maximum atomic E-state index is 12.6. The van der Waals surface area contributed by atoms with Gasteiger partial charge >= 0.3 is 6.18 Å². The van der Waals surface area contributed by atoms with Gasteiger partial charge in [-0.15, -0.1) is 0 Å². The number of fused-ring (bicyclic) bond motifs is 1. The van der Waals surface area contributed by atoms with Gasteiger partial charge in [-0.1, -0.05) is 18.2 Å². The molecule has 23 heavy (non-hydrogen) atoms. The Morgan fingerprint density at radius 1 is 1.04 bits per heavy atom. The summed E-state index contributed by atoms with van der Waals surface area (Å²) in [5.41, 5.74) is 1.63. The van der Waals surface area contributed by atoms with Crippen LogP contribution in [0.3, 0.4) is 0 Å². The molecule has 120 valence electrons. The molecule has 0 atom stereocenters. The number of halogens is 3. The summed E-state index contributed by atoms with van der Waals surface area (Å²) in [4.78, 5) is 12.6. The van der Waals surface area contributed by atoms with Gasteiger partial charge in [0.2, 0.25) is 6.41 Å². The zero-order chi connectivity index (χ0) is 16.4. The lowest BCUT2D eigenvalue weighted by Gasteiger charge is -2.13. The highest BCUT2D eigenvalue weighted by atomic mass is 19.4. The number of nitrogens with zero attached hydrogens (tertiary/aromatic N) is 1. The van der Waals surface area contributed by atoms with E-state index >= 15 is 0 Å². The van der Waals surface area contributed by atoms with Crippen LogP contribution >= 0.6 is 0 Å². The van der Waals surface area contributed by atoms with Gasteiger partial charge in [-0.3, -0.25) is 4.79 Å². The number of carbonyl (C=O) groups excluding carboxylic acids is 1. The molecule has 0 saturated heterocycles. The highest BCUT2D eigenvalue weighted by Gasteiger charge is 2.30. The van der Waals surface area contributed by atoms with E-state index in [4.69, 9.17) is 4.74 Å². The van der Waals surface area contributed by atoms with Crippen molar-refractivity contribution in [3.63, 3.8) is 0 Å². The van der Waals surface area contributed by atoms with E-state index in [1.54, 1.807) is 17.0 Å². The first-order valence-corrected chi connectivity index (χ1v) is 7.10. The fraction of sp³-hybridized carbons (Fsp3) is 0.235. The Bertz CT molecular complexity index is 711. The molecular weight excluding hydrogens is 307 g/mol. The van der Waals surface area contributed by atoms with E-state index in [0.717, 1.165) is 29.7 Å². The topological polar surface area (TPSA) is 29.5 Å². The number of benzene rings is 2. The van der Waals surface area contributed by atoms with E-state index in [0.29, 0.717) is 31.0 Å². The van der Waals surface area contributed by atoms with E-state index in [1.807, 2.05) is 6.07 Å². The molecule has 0 N–H and O–H groups in total. The highest BCUT2D eigenvalue weighted by molar-refractivity contribution is 5.66. The van der Waals surface area contributed by atoms with Crippen molar-refractivity contribution in [2.75, 3.05) is 13.2 Å². The second kappa shape index (κ2) is 5.95. The van der Waals surface area contributed by atoms with Crippen LogP contribution in [0, 0.1) is 0 Å². The van der Waals surface area contributed by atoms with Gasteiger partial charge in [0, 0.05) is 12.1 Å². The van der Waals surface area contributed by atoms with Crippen LogP contribution in [0.1, 0.15) is 11.1 Å². The normalized spacial score (nSPS) is 14.7. The zero-order valence-corrected chi connectivity index (χ0v) is 12.1. The zero-order valence-electron chi connectivity index (χ0n) is 12.1. The van der Waals surface area contributed by atoms with Crippen LogP contribution < -0.4 is 4.74 Å². The van der Waals surface area contributed by atoms with Gasteiger partial charge in [0.25, 0.3) is 0 Å². The molecule has 0 fully saturated rings. The number of ether oxygens (including phenoxy) is 1. The van der Waals surface area contributed by atoms with Gasteiger partial charge in [0.15, 0.2) is 0 Å². The largest absolute Gasteiger partial charge is 0.491 e. The van der Waals surface area contributed by atoms with Crippen molar-refractivity contribution in [2.45, 2.75) is 12.7 Å². The Morgan fingerprint density at radius 2 is 1.74 bits per heavy atom. The minimum absolute atomic E-state index is 0.422. The molecule has 1 aliphatic heterocycles. The van der Waals surface area contributed by atoms with Gasteiger partial charge in [-0.25, -0.2) is 0 Å². The summed E-state index contributed by atoms with van der Waals surface area (Å²) < 4.78 is 43.4. The van der Waals surface area contributed by atoms with Crippen LogP contribution in [0.25, 0.3) is 11.1 Å². The lowest BCUT2D eigenvalue weighted by atomic mass is 10.0. The lowest BCUT2D eigenvalue weighted by Crippen LogP contribution is -2.23. The molecule has 3 rings (SSSR count). The molecular formula is C17H14F3NO2. The predicted molar refractivity (Wildman–Crippen MR) is 78.8 cm³/mol. The van der Waals surface area contributed by atoms with E-state index in [1.165, 1.54) is 12.1 Å². The van der Waals surface area contributed by atoms with Gasteiger partial charge in [0.1, 0.15) is 12.4 Å². The Labute approximate surface area is 131 Å². The Morgan fingerprint density at radius 3 is 2.39 bits per heavy atom. The van der Waals surface area contributed by atoms with E-state index in [2.05, 4.69) is 0 Å². The summed E-state index contributed by atoms with van der Waals surface area (Å²) in [5, 5.41) is 0. The SMILES string of the molecule is O=CN1CCOc2ccc(-c3ccc(C(F)(F)F)cc3)cc2C1. The number of carbonyl (C=O) groups is 1. The summed E-state index contributed by atoms with van der Waals surface area (Å²) in [6.07, 6.45) is -3.58. The van der Waals surface area contributed by atoms with Crippen LogP contribution in [0.15, 0.2) is 42.5 Å². The predicted octanol–water partition coefficient (Wildman–Crippen LogP) is 3.72. The van der Waals surface area contributed by atoms with Crippen molar-refractivity contribution in [2.24, 2.45) is 0 Å². The van der Waals surface area contributed by atoms with Crippen molar-refractivity contribution < 1.29 is 22.7 Å². The maximum absolute atomic E-state index is 12.6. The molecule has 2 aromatic rings.